The lowest BCUT2D eigenvalue weighted by atomic mass is 9.81. The van der Waals surface area contributed by atoms with E-state index in [1.54, 1.807) is 12.3 Å². The average Bonchev–Trinajstić information content (AvgIpc) is 2.84. The Hall–Kier alpha value is -1.62. The summed E-state index contributed by atoms with van der Waals surface area (Å²) < 4.78 is 5.82. The van der Waals surface area contributed by atoms with Crippen LogP contribution in [0.15, 0.2) is 18.3 Å². The lowest BCUT2D eigenvalue weighted by Crippen LogP contribution is -2.40. The molecule has 1 aliphatic rings. The number of hydrogen-bond acceptors (Lipinski definition) is 3. The van der Waals surface area contributed by atoms with Crippen LogP contribution in [0, 0.1) is 18.3 Å². The maximum atomic E-state index is 12.0. The molecule has 5 heteroatoms. The first kappa shape index (κ1) is 15.8. The van der Waals surface area contributed by atoms with E-state index in [-0.39, 0.29) is 17.6 Å². The van der Waals surface area contributed by atoms with Gasteiger partial charge in [0.25, 0.3) is 0 Å². The molecule has 2 atom stereocenters. The summed E-state index contributed by atoms with van der Waals surface area (Å²) in [5, 5.41) is 5.77. The van der Waals surface area contributed by atoms with Crippen LogP contribution in [-0.2, 0) is 4.74 Å². The predicted molar refractivity (Wildman–Crippen MR) is 83.3 cm³/mol. The molecule has 0 aliphatic carbocycles. The largest absolute Gasteiger partial charge is 0.377 e. The van der Waals surface area contributed by atoms with E-state index >= 15 is 0 Å². The van der Waals surface area contributed by atoms with Crippen LogP contribution in [-0.4, -0.2) is 30.3 Å². The average molecular weight is 291 g/mol. The third kappa shape index (κ3) is 4.43. The highest BCUT2D eigenvalue weighted by atomic mass is 16.5. The van der Waals surface area contributed by atoms with E-state index in [0.29, 0.717) is 12.5 Å². The number of nitrogens with one attached hydrogen (secondary N) is 2. The van der Waals surface area contributed by atoms with E-state index in [1.165, 1.54) is 0 Å². The third-order valence-electron chi connectivity index (χ3n) is 3.75. The third-order valence-corrected chi connectivity index (χ3v) is 3.75. The van der Waals surface area contributed by atoms with Crippen molar-refractivity contribution in [2.45, 2.75) is 40.2 Å². The van der Waals surface area contributed by atoms with Gasteiger partial charge < -0.3 is 15.4 Å². The molecule has 0 unspecified atom stereocenters. The van der Waals surface area contributed by atoms with Crippen molar-refractivity contribution in [2.75, 3.05) is 18.5 Å². The zero-order chi connectivity index (χ0) is 15.5. The molecule has 2 N–H and O–H groups in total. The van der Waals surface area contributed by atoms with E-state index in [4.69, 9.17) is 4.74 Å². The minimum atomic E-state index is -0.180. The molecule has 116 valence electrons. The molecule has 1 aromatic rings. The van der Waals surface area contributed by atoms with Gasteiger partial charge in [0.1, 0.15) is 0 Å². The van der Waals surface area contributed by atoms with Crippen LogP contribution in [0.2, 0.25) is 0 Å². The molecule has 0 bridgehead atoms. The molecule has 5 nitrogen and oxygen atoms in total. The molecule has 0 spiro atoms. The van der Waals surface area contributed by atoms with Crippen molar-refractivity contribution in [3.05, 3.63) is 24.0 Å². The topological polar surface area (TPSA) is 63.2 Å². The lowest BCUT2D eigenvalue weighted by molar-refractivity contribution is 0.00782. The Balaban J connectivity index is 1.84. The maximum absolute atomic E-state index is 12.0. The van der Waals surface area contributed by atoms with Crippen molar-refractivity contribution >= 4 is 11.7 Å². The number of aryl methyl sites for hydroxylation is 1. The van der Waals surface area contributed by atoms with E-state index in [1.807, 2.05) is 13.0 Å². The molecule has 1 aromatic heterocycles. The second kappa shape index (κ2) is 6.43. The van der Waals surface area contributed by atoms with Gasteiger partial charge in [-0.3, -0.25) is 4.98 Å². The number of pyridine rings is 1. The van der Waals surface area contributed by atoms with Crippen molar-refractivity contribution in [1.29, 1.82) is 0 Å². The molecule has 2 amide bonds. The lowest BCUT2D eigenvalue weighted by Gasteiger charge is -2.31. The number of nitrogens with zero attached hydrogens (tertiary/aromatic N) is 1. The van der Waals surface area contributed by atoms with Crippen LogP contribution in [0.5, 0.6) is 0 Å². The number of carbonyl (C=O) groups is 1. The van der Waals surface area contributed by atoms with Gasteiger partial charge in [0, 0.05) is 36.6 Å². The summed E-state index contributed by atoms with van der Waals surface area (Å²) >= 11 is 0. The van der Waals surface area contributed by atoms with Gasteiger partial charge in [-0.1, -0.05) is 20.8 Å². The molecular formula is C16H25N3O2. The second-order valence-corrected chi connectivity index (χ2v) is 6.73. The van der Waals surface area contributed by atoms with Gasteiger partial charge in [0.15, 0.2) is 0 Å². The zero-order valence-corrected chi connectivity index (χ0v) is 13.3. The summed E-state index contributed by atoms with van der Waals surface area (Å²) in [6.07, 6.45) is 2.88. The zero-order valence-electron chi connectivity index (χ0n) is 13.3. The second-order valence-electron chi connectivity index (χ2n) is 6.73. The summed E-state index contributed by atoms with van der Waals surface area (Å²) in [4.78, 5) is 16.1. The van der Waals surface area contributed by atoms with Crippen LogP contribution in [0.25, 0.3) is 0 Å². The molecule has 1 saturated heterocycles. The highest BCUT2D eigenvalue weighted by Gasteiger charge is 2.37. The molecule has 0 aromatic carbocycles. The van der Waals surface area contributed by atoms with Gasteiger partial charge in [-0.05, 0) is 30.9 Å². The first-order valence-electron chi connectivity index (χ1n) is 7.45. The van der Waals surface area contributed by atoms with Crippen molar-refractivity contribution in [2.24, 2.45) is 11.3 Å². The number of hydrogen-bond donors (Lipinski definition) is 2. The number of amides is 2. The van der Waals surface area contributed by atoms with Crippen LogP contribution in [0.4, 0.5) is 10.5 Å². The molecule has 0 radical (unpaired) electrons. The van der Waals surface area contributed by atoms with Crippen LogP contribution in [0.1, 0.15) is 32.9 Å². The summed E-state index contributed by atoms with van der Waals surface area (Å²) in [7, 11) is 0. The van der Waals surface area contributed by atoms with Gasteiger partial charge >= 0.3 is 6.03 Å². The molecule has 21 heavy (non-hydrogen) atoms. The van der Waals surface area contributed by atoms with Gasteiger partial charge in [-0.15, -0.1) is 0 Å². The maximum Gasteiger partial charge on any atom is 0.319 e. The highest BCUT2D eigenvalue weighted by molar-refractivity contribution is 5.89. The van der Waals surface area contributed by atoms with Crippen LogP contribution in [0.3, 0.4) is 0 Å². The number of ether oxygens (including phenoxy) is 1. The summed E-state index contributed by atoms with van der Waals surface area (Å²) in [5.74, 6) is 0.370. The minimum Gasteiger partial charge on any atom is -0.377 e. The Morgan fingerprint density at radius 3 is 2.90 bits per heavy atom. The standard InChI is InChI=1S/C16H25N3O2/c1-11-9-13(5-7-17-11)19-15(20)18-10-12-6-8-21-14(12)16(2,3)4/h5,7,9,12,14H,6,8,10H2,1-4H3,(H2,17,18,19,20)/t12-,14+/m1/s1. The van der Waals surface area contributed by atoms with E-state index < -0.39 is 0 Å². The van der Waals surface area contributed by atoms with Gasteiger partial charge in [0.05, 0.1) is 6.10 Å². The van der Waals surface area contributed by atoms with E-state index in [9.17, 15) is 4.79 Å². The molecular weight excluding hydrogens is 266 g/mol. The molecule has 2 rings (SSSR count). The summed E-state index contributed by atoms with van der Waals surface area (Å²) in [5.41, 5.74) is 1.74. The molecule has 2 heterocycles. The van der Waals surface area contributed by atoms with Gasteiger partial charge in [0.2, 0.25) is 0 Å². The Kier molecular flexibility index (Phi) is 4.83. The SMILES string of the molecule is Cc1cc(NC(=O)NC[C@H]2CCO[C@@H]2C(C)(C)C)ccn1. The van der Waals surface area contributed by atoms with Crippen molar-refractivity contribution in [3.63, 3.8) is 0 Å². The number of rotatable bonds is 3. The normalized spacial score (nSPS) is 22.1. The van der Waals surface area contributed by atoms with Gasteiger partial charge in [-0.25, -0.2) is 4.79 Å². The fourth-order valence-corrected chi connectivity index (χ4v) is 2.82. The van der Waals surface area contributed by atoms with Crippen molar-refractivity contribution in [3.8, 4) is 0 Å². The fraction of sp³-hybridized carbons (Fsp3) is 0.625. The summed E-state index contributed by atoms with van der Waals surface area (Å²) in [6, 6.07) is 3.44. The van der Waals surface area contributed by atoms with Crippen LogP contribution < -0.4 is 10.6 Å². The Morgan fingerprint density at radius 1 is 1.48 bits per heavy atom. The number of carbonyl (C=O) groups excluding carboxylic acids is 1. The smallest absolute Gasteiger partial charge is 0.319 e. The molecule has 1 aliphatic heterocycles. The summed E-state index contributed by atoms with van der Waals surface area (Å²) in [6.45, 7) is 9.84. The number of urea groups is 1. The fourth-order valence-electron chi connectivity index (χ4n) is 2.82. The molecule has 0 saturated carbocycles. The van der Waals surface area contributed by atoms with Crippen molar-refractivity contribution < 1.29 is 9.53 Å². The number of anilines is 1. The Bertz CT molecular complexity index is 497. The van der Waals surface area contributed by atoms with Gasteiger partial charge in [-0.2, -0.15) is 0 Å². The van der Waals surface area contributed by atoms with Crippen molar-refractivity contribution in [1.82, 2.24) is 10.3 Å². The quantitative estimate of drug-likeness (QED) is 0.900. The van der Waals surface area contributed by atoms with E-state index in [0.717, 1.165) is 24.4 Å². The van der Waals surface area contributed by atoms with E-state index in [2.05, 4.69) is 36.4 Å². The monoisotopic (exact) mass is 291 g/mol. The Labute approximate surface area is 126 Å². The van der Waals surface area contributed by atoms with Crippen LogP contribution >= 0.6 is 0 Å². The first-order chi connectivity index (χ1) is 9.86. The minimum absolute atomic E-state index is 0.0987. The first-order valence-corrected chi connectivity index (χ1v) is 7.45. The number of aromatic nitrogens is 1. The molecule has 1 fully saturated rings. The Morgan fingerprint density at radius 2 is 2.24 bits per heavy atom. The predicted octanol–water partition coefficient (Wildman–Crippen LogP) is 2.96. The highest BCUT2D eigenvalue weighted by Crippen LogP contribution is 2.34.